The third-order valence-electron chi connectivity index (χ3n) is 7.04. The molecule has 7 nitrogen and oxygen atoms in total. The molecule has 1 amide bonds. The molecule has 1 aliphatic heterocycles. The van der Waals surface area contributed by atoms with Crippen molar-refractivity contribution < 1.29 is 4.79 Å². The topological polar surface area (TPSA) is 74.5 Å². The molecule has 0 bridgehead atoms. The highest BCUT2D eigenvalue weighted by Gasteiger charge is 2.22. The molecule has 1 aliphatic rings. The fourth-order valence-corrected chi connectivity index (χ4v) is 3.92. The summed E-state index contributed by atoms with van der Waals surface area (Å²) in [6.07, 6.45) is 13.6. The summed E-state index contributed by atoms with van der Waals surface area (Å²) in [6, 6.07) is 12.5. The number of hydrazine groups is 1. The summed E-state index contributed by atoms with van der Waals surface area (Å²) in [5.74, 6) is 0.806. The minimum atomic E-state index is -0.448. The van der Waals surface area contributed by atoms with E-state index in [1.54, 1.807) is 0 Å². The summed E-state index contributed by atoms with van der Waals surface area (Å²) in [4.78, 5) is 17.3. The number of aliphatic imine (C=N–C) groups is 1. The average molecular weight is 661 g/mol. The predicted molar refractivity (Wildman–Crippen MR) is 209 cm³/mol. The van der Waals surface area contributed by atoms with Crippen molar-refractivity contribution in [3.05, 3.63) is 94.6 Å². The maximum atomic E-state index is 12.3. The van der Waals surface area contributed by atoms with Gasteiger partial charge >= 0.3 is 0 Å². The minimum Gasteiger partial charge on any atom is -0.336 e. The van der Waals surface area contributed by atoms with Crippen LogP contribution in [0.5, 0.6) is 0 Å². The monoisotopic (exact) mass is 661 g/mol. The van der Waals surface area contributed by atoms with E-state index in [1.165, 1.54) is 31.2 Å². The molecular weight excluding hydrogens is 592 g/mol. The van der Waals surface area contributed by atoms with Crippen LogP contribution in [0.4, 0.5) is 0 Å². The first-order valence-electron chi connectivity index (χ1n) is 17.9. The Morgan fingerprint density at radius 2 is 1.50 bits per heavy atom. The zero-order valence-corrected chi connectivity index (χ0v) is 33.1. The SMILES string of the molecule is CC.CC(C)=CC(=N/C(C)=C/C(=C(C)C)c1cc(C)n(CNC(=O)C(C)(C)C)n1)N1C=CC(c2ccccc2)N1.CCCC.CCCC. The van der Waals surface area contributed by atoms with E-state index in [1.807, 2.05) is 88.6 Å². The first kappa shape index (κ1) is 44.3. The van der Waals surface area contributed by atoms with Crippen molar-refractivity contribution in [2.75, 3.05) is 0 Å². The molecule has 0 aliphatic carbocycles. The van der Waals surface area contributed by atoms with Crippen LogP contribution in [0.1, 0.15) is 146 Å². The zero-order chi connectivity index (χ0) is 36.9. The van der Waals surface area contributed by atoms with Gasteiger partial charge in [0.2, 0.25) is 5.91 Å². The van der Waals surface area contributed by atoms with Crippen LogP contribution in [0.25, 0.3) is 5.57 Å². The summed E-state index contributed by atoms with van der Waals surface area (Å²) in [5, 5.41) is 9.74. The number of carbonyl (C=O) groups is 1. The van der Waals surface area contributed by atoms with E-state index >= 15 is 0 Å². The number of aryl methyl sites for hydroxylation is 1. The van der Waals surface area contributed by atoms with Crippen molar-refractivity contribution in [1.29, 1.82) is 0 Å². The molecule has 0 spiro atoms. The second-order valence-electron chi connectivity index (χ2n) is 13.2. The maximum absolute atomic E-state index is 12.3. The highest BCUT2D eigenvalue weighted by atomic mass is 16.2. The van der Waals surface area contributed by atoms with Gasteiger partial charge in [0.15, 0.2) is 0 Å². The quantitative estimate of drug-likeness (QED) is 0.159. The maximum Gasteiger partial charge on any atom is 0.226 e. The highest BCUT2D eigenvalue weighted by molar-refractivity contribution is 5.95. The number of rotatable bonds is 9. The van der Waals surface area contributed by atoms with Gasteiger partial charge in [-0.2, -0.15) is 5.10 Å². The van der Waals surface area contributed by atoms with E-state index in [-0.39, 0.29) is 11.9 Å². The fourth-order valence-electron chi connectivity index (χ4n) is 3.92. The first-order chi connectivity index (χ1) is 22.7. The Morgan fingerprint density at radius 1 is 0.938 bits per heavy atom. The van der Waals surface area contributed by atoms with Gasteiger partial charge in [0.1, 0.15) is 12.5 Å². The Hall–Kier alpha value is -3.71. The minimum absolute atomic E-state index is 0.00709. The molecule has 7 heteroatoms. The van der Waals surface area contributed by atoms with Crippen LogP contribution in [-0.4, -0.2) is 26.5 Å². The molecule has 268 valence electrons. The molecule has 2 heterocycles. The molecule has 2 aromatic rings. The van der Waals surface area contributed by atoms with Crippen molar-refractivity contribution in [1.82, 2.24) is 25.5 Å². The molecule has 1 aromatic carbocycles. The molecule has 1 unspecified atom stereocenters. The number of nitrogens with zero attached hydrogens (tertiary/aromatic N) is 4. The number of unbranched alkanes of at least 4 members (excludes halogenated alkanes) is 2. The number of amides is 1. The number of hydrogen-bond donors (Lipinski definition) is 2. The summed E-state index contributed by atoms with van der Waals surface area (Å²) in [7, 11) is 0. The van der Waals surface area contributed by atoms with Gasteiger partial charge < -0.3 is 5.32 Å². The van der Waals surface area contributed by atoms with E-state index in [4.69, 9.17) is 10.1 Å². The number of carbonyl (C=O) groups excluding carboxylic acids is 1. The first-order valence-corrected chi connectivity index (χ1v) is 17.9. The van der Waals surface area contributed by atoms with Crippen molar-refractivity contribution in [2.45, 2.75) is 142 Å². The van der Waals surface area contributed by atoms with Crippen molar-refractivity contribution in [3.63, 3.8) is 0 Å². The Morgan fingerprint density at radius 3 is 1.98 bits per heavy atom. The lowest BCUT2D eigenvalue weighted by Gasteiger charge is -2.20. The van der Waals surface area contributed by atoms with E-state index in [0.29, 0.717) is 6.67 Å². The Bertz CT molecular complexity index is 1350. The number of aromatic nitrogens is 2. The summed E-state index contributed by atoms with van der Waals surface area (Å²) in [6.45, 7) is 31.0. The van der Waals surface area contributed by atoms with Gasteiger partial charge in [-0.25, -0.2) is 15.1 Å². The number of hydrogen-bond acceptors (Lipinski definition) is 4. The highest BCUT2D eigenvalue weighted by Crippen LogP contribution is 2.24. The lowest BCUT2D eigenvalue weighted by atomic mass is 9.96. The van der Waals surface area contributed by atoms with Gasteiger partial charge in [-0.3, -0.25) is 9.80 Å². The van der Waals surface area contributed by atoms with Gasteiger partial charge in [0.05, 0.1) is 11.7 Å². The molecular formula is C41H68N6O. The van der Waals surface area contributed by atoms with Crippen LogP contribution in [0.15, 0.2) is 82.7 Å². The zero-order valence-electron chi connectivity index (χ0n) is 33.1. The largest absolute Gasteiger partial charge is 0.336 e. The number of amidine groups is 1. The van der Waals surface area contributed by atoms with Gasteiger partial charge in [-0.05, 0) is 71.4 Å². The van der Waals surface area contributed by atoms with Crippen LogP contribution < -0.4 is 10.7 Å². The van der Waals surface area contributed by atoms with Gasteiger partial charge in [-0.1, -0.05) is 129 Å². The van der Waals surface area contributed by atoms with Crippen molar-refractivity contribution in [3.8, 4) is 0 Å². The van der Waals surface area contributed by atoms with Crippen molar-refractivity contribution in [2.24, 2.45) is 10.4 Å². The molecule has 48 heavy (non-hydrogen) atoms. The number of nitrogens with one attached hydrogen (secondary N) is 2. The van der Waals surface area contributed by atoms with Crippen LogP contribution in [0, 0.1) is 12.3 Å². The summed E-state index contributed by atoms with van der Waals surface area (Å²) in [5.41, 5.74) is 10.3. The lowest BCUT2D eigenvalue weighted by molar-refractivity contribution is -0.129. The smallest absolute Gasteiger partial charge is 0.226 e. The number of allylic oxidation sites excluding steroid dienone is 5. The number of benzene rings is 1. The van der Waals surface area contributed by atoms with Crippen LogP contribution in [0.2, 0.25) is 0 Å². The molecule has 0 saturated carbocycles. The molecule has 1 aromatic heterocycles. The summed E-state index contributed by atoms with van der Waals surface area (Å²) >= 11 is 0. The summed E-state index contributed by atoms with van der Waals surface area (Å²) < 4.78 is 1.83. The van der Waals surface area contributed by atoms with Gasteiger partial charge in [0, 0.05) is 28.6 Å². The predicted octanol–water partition coefficient (Wildman–Crippen LogP) is 11.1. The van der Waals surface area contributed by atoms with Gasteiger partial charge in [0.25, 0.3) is 0 Å². The Kier molecular flexibility index (Phi) is 21.8. The molecule has 0 saturated heterocycles. The van der Waals surface area contributed by atoms with Crippen LogP contribution in [0.3, 0.4) is 0 Å². The molecule has 1 atom stereocenters. The third-order valence-corrected chi connectivity index (χ3v) is 7.04. The van der Waals surface area contributed by atoms with Gasteiger partial charge in [-0.15, -0.1) is 0 Å². The lowest BCUT2D eigenvalue weighted by Crippen LogP contribution is -2.36. The van der Waals surface area contributed by atoms with Crippen LogP contribution in [-0.2, 0) is 11.5 Å². The normalized spacial score (nSPS) is 14.1. The second-order valence-corrected chi connectivity index (χ2v) is 13.2. The third kappa shape index (κ3) is 16.4. The van der Waals surface area contributed by atoms with E-state index in [9.17, 15) is 4.79 Å². The Balaban J connectivity index is 0.00000195. The average Bonchev–Trinajstić information content (AvgIpc) is 3.70. The molecule has 2 N–H and O–H groups in total. The van der Waals surface area contributed by atoms with Crippen LogP contribution >= 0.6 is 0 Å². The second kappa shape index (κ2) is 23.6. The molecule has 3 rings (SSSR count). The fraction of sp³-hybridized carbons (Fsp3) is 0.537. The molecule has 0 radical (unpaired) electrons. The van der Waals surface area contributed by atoms with E-state index < -0.39 is 5.41 Å². The Labute approximate surface area is 294 Å². The van der Waals surface area contributed by atoms with E-state index in [2.05, 4.69) is 96.5 Å². The van der Waals surface area contributed by atoms with Crippen molar-refractivity contribution >= 4 is 17.3 Å². The molecule has 0 fully saturated rings. The standard InChI is InChI=1S/C31H42N6O.2C4H10.C2H6/c1-21(2)17-29(36-16-15-27(34-36)25-13-11-10-12-14-25)33-23(5)18-26(22(3)4)28-19-24(6)37(35-28)20-32-30(38)31(7,8)9;2*1-3-4-2;1-2/h10-19,27,34H,20H2,1-9H3,(H,32,38);2*3-4H2,1-2H3;1-2H3/b23-18+,33-29?;;;. The van der Waals surface area contributed by atoms with E-state index in [0.717, 1.165) is 39.6 Å².